The number of carbonyl (C=O) groups excluding carboxylic acids is 1. The largest absolute Gasteiger partial charge is 0.475 e. The molecule has 0 bridgehead atoms. The number of carbonyl (C=O) groups is 1. The predicted octanol–water partition coefficient (Wildman–Crippen LogP) is 2.72. The topological polar surface area (TPSA) is 112 Å². The quantitative estimate of drug-likeness (QED) is 0.427. The first kappa shape index (κ1) is 21.0. The Morgan fingerprint density at radius 3 is 2.56 bits per heavy atom. The molecule has 0 aliphatic rings. The zero-order valence-corrected chi connectivity index (χ0v) is 17.3. The average molecular weight is 431 g/mol. The highest BCUT2D eigenvalue weighted by atomic mass is 16.5. The summed E-state index contributed by atoms with van der Waals surface area (Å²) in [7, 11) is 0. The van der Waals surface area contributed by atoms with E-state index >= 15 is 0 Å². The van der Waals surface area contributed by atoms with E-state index in [1.807, 2.05) is 30.3 Å². The molecule has 3 heterocycles. The van der Waals surface area contributed by atoms with Crippen LogP contribution in [-0.4, -0.2) is 39.0 Å². The van der Waals surface area contributed by atoms with Gasteiger partial charge in [-0.25, -0.2) is 4.68 Å². The molecule has 0 radical (unpaired) electrons. The molecule has 1 atom stereocenters. The maximum Gasteiger partial charge on any atom is 0.267 e. The minimum Gasteiger partial charge on any atom is -0.475 e. The van der Waals surface area contributed by atoms with Gasteiger partial charge in [0.05, 0.1) is 18.5 Å². The summed E-state index contributed by atoms with van der Waals surface area (Å²) >= 11 is 0. The van der Waals surface area contributed by atoms with E-state index in [4.69, 9.17) is 9.15 Å². The second-order valence-corrected chi connectivity index (χ2v) is 6.92. The van der Waals surface area contributed by atoms with Gasteiger partial charge in [-0.15, -0.1) is 10.2 Å². The molecule has 162 valence electrons. The molecule has 0 aliphatic heterocycles. The maximum absolute atomic E-state index is 12.5. The van der Waals surface area contributed by atoms with Crippen molar-refractivity contribution >= 4 is 5.91 Å². The highest BCUT2D eigenvalue weighted by Gasteiger charge is 2.17. The van der Waals surface area contributed by atoms with Crippen molar-refractivity contribution in [2.75, 3.05) is 13.2 Å². The minimum atomic E-state index is -0.779. The summed E-state index contributed by atoms with van der Waals surface area (Å²) in [5.74, 6) is 0.606. The van der Waals surface area contributed by atoms with Gasteiger partial charge in [0.1, 0.15) is 18.3 Å². The van der Waals surface area contributed by atoms with E-state index < -0.39 is 6.04 Å². The Labute approximate surface area is 183 Å². The standard InChI is InChI=1S/C23H21N5O4/c1-16(28-22(29)12-10-18(27-28)17-6-3-2-4-7-17)23(30)24-13-15-32-21-11-9-19(25-26-21)20-8-5-14-31-20/h2-12,14,16H,13,15H2,1H3,(H,24,30). The fraction of sp³-hybridized carbons (Fsp3) is 0.174. The lowest BCUT2D eigenvalue weighted by Crippen LogP contribution is -2.38. The van der Waals surface area contributed by atoms with Crippen LogP contribution in [0.2, 0.25) is 0 Å². The number of furan rings is 1. The van der Waals surface area contributed by atoms with E-state index in [0.29, 0.717) is 23.0 Å². The van der Waals surface area contributed by atoms with Crippen LogP contribution in [0.5, 0.6) is 5.88 Å². The maximum atomic E-state index is 12.5. The van der Waals surface area contributed by atoms with Crippen molar-refractivity contribution in [2.45, 2.75) is 13.0 Å². The lowest BCUT2D eigenvalue weighted by molar-refractivity contribution is -0.124. The average Bonchev–Trinajstić information content (AvgIpc) is 3.37. The first-order chi connectivity index (χ1) is 15.6. The van der Waals surface area contributed by atoms with Crippen molar-refractivity contribution in [3.63, 3.8) is 0 Å². The van der Waals surface area contributed by atoms with Crippen molar-refractivity contribution in [3.05, 3.63) is 83.3 Å². The van der Waals surface area contributed by atoms with Gasteiger partial charge in [0.2, 0.25) is 11.8 Å². The van der Waals surface area contributed by atoms with Crippen LogP contribution in [0.4, 0.5) is 0 Å². The molecular weight excluding hydrogens is 410 g/mol. The molecule has 4 aromatic rings. The Balaban J connectivity index is 1.31. The molecule has 1 amide bonds. The van der Waals surface area contributed by atoms with Gasteiger partial charge < -0.3 is 14.5 Å². The van der Waals surface area contributed by atoms with Crippen molar-refractivity contribution < 1.29 is 13.9 Å². The number of rotatable bonds is 8. The van der Waals surface area contributed by atoms with Crippen LogP contribution in [0.3, 0.4) is 0 Å². The first-order valence-corrected chi connectivity index (χ1v) is 10.1. The zero-order valence-electron chi connectivity index (χ0n) is 17.3. The third-order valence-corrected chi connectivity index (χ3v) is 4.71. The van der Waals surface area contributed by atoms with Gasteiger partial charge >= 0.3 is 0 Å². The Kier molecular flexibility index (Phi) is 6.35. The number of amides is 1. The van der Waals surface area contributed by atoms with Gasteiger partial charge in [-0.3, -0.25) is 9.59 Å². The van der Waals surface area contributed by atoms with Gasteiger partial charge in [-0.2, -0.15) is 5.10 Å². The fourth-order valence-electron chi connectivity index (χ4n) is 3.01. The summed E-state index contributed by atoms with van der Waals surface area (Å²) in [5.41, 5.74) is 1.72. The summed E-state index contributed by atoms with van der Waals surface area (Å²) in [4.78, 5) is 24.8. The van der Waals surface area contributed by atoms with Crippen LogP contribution in [0.1, 0.15) is 13.0 Å². The molecular formula is C23H21N5O4. The zero-order chi connectivity index (χ0) is 22.3. The Bertz CT molecular complexity index is 1220. The summed E-state index contributed by atoms with van der Waals surface area (Å²) in [6.45, 7) is 2.05. The normalized spacial score (nSPS) is 11.7. The van der Waals surface area contributed by atoms with Crippen LogP contribution in [0.25, 0.3) is 22.7 Å². The second kappa shape index (κ2) is 9.69. The van der Waals surface area contributed by atoms with Crippen LogP contribution < -0.4 is 15.6 Å². The van der Waals surface area contributed by atoms with Crippen molar-refractivity contribution in [2.24, 2.45) is 0 Å². The summed E-state index contributed by atoms with van der Waals surface area (Å²) in [6.07, 6.45) is 1.56. The Morgan fingerprint density at radius 2 is 1.84 bits per heavy atom. The van der Waals surface area contributed by atoms with Crippen LogP contribution in [0.15, 0.2) is 82.2 Å². The predicted molar refractivity (Wildman–Crippen MR) is 117 cm³/mol. The van der Waals surface area contributed by atoms with E-state index in [2.05, 4.69) is 20.6 Å². The molecule has 0 fully saturated rings. The lowest BCUT2D eigenvalue weighted by Gasteiger charge is -2.15. The molecule has 9 heteroatoms. The van der Waals surface area contributed by atoms with Gasteiger partial charge in [-0.1, -0.05) is 30.3 Å². The van der Waals surface area contributed by atoms with Crippen LogP contribution in [-0.2, 0) is 4.79 Å². The van der Waals surface area contributed by atoms with Crippen LogP contribution >= 0.6 is 0 Å². The number of nitrogens with zero attached hydrogens (tertiary/aromatic N) is 4. The number of hydrogen-bond donors (Lipinski definition) is 1. The van der Waals surface area contributed by atoms with Crippen molar-refractivity contribution in [1.29, 1.82) is 0 Å². The molecule has 1 aromatic carbocycles. The number of hydrogen-bond acceptors (Lipinski definition) is 7. The lowest BCUT2D eigenvalue weighted by atomic mass is 10.1. The highest BCUT2D eigenvalue weighted by molar-refractivity contribution is 5.79. The van der Waals surface area contributed by atoms with Crippen LogP contribution in [0, 0.1) is 0 Å². The molecule has 32 heavy (non-hydrogen) atoms. The minimum absolute atomic E-state index is 0.194. The van der Waals surface area contributed by atoms with E-state index in [1.165, 1.54) is 10.7 Å². The van der Waals surface area contributed by atoms with Gasteiger partial charge in [0, 0.05) is 17.7 Å². The number of ether oxygens (including phenoxy) is 1. The summed E-state index contributed by atoms with van der Waals surface area (Å²) in [5, 5.41) is 15.1. The summed E-state index contributed by atoms with van der Waals surface area (Å²) in [6, 6.07) is 18.7. The fourth-order valence-corrected chi connectivity index (χ4v) is 3.01. The van der Waals surface area contributed by atoms with Gasteiger partial charge in [0.25, 0.3) is 5.56 Å². The molecule has 0 saturated carbocycles. The second-order valence-electron chi connectivity index (χ2n) is 6.92. The molecule has 1 unspecified atom stereocenters. The molecule has 3 aromatic heterocycles. The molecule has 0 spiro atoms. The highest BCUT2D eigenvalue weighted by Crippen LogP contribution is 2.18. The third-order valence-electron chi connectivity index (χ3n) is 4.71. The monoisotopic (exact) mass is 431 g/mol. The molecule has 9 nitrogen and oxygen atoms in total. The smallest absolute Gasteiger partial charge is 0.267 e. The SMILES string of the molecule is CC(C(=O)NCCOc1ccc(-c2ccco2)nn1)n1nc(-c2ccccc2)ccc1=O. The molecule has 0 aliphatic carbocycles. The number of aromatic nitrogens is 4. The Morgan fingerprint density at radius 1 is 1.03 bits per heavy atom. The van der Waals surface area contributed by atoms with Crippen molar-refractivity contribution in [3.8, 4) is 28.6 Å². The van der Waals surface area contributed by atoms with E-state index in [9.17, 15) is 9.59 Å². The van der Waals surface area contributed by atoms with Gasteiger partial charge in [0.15, 0.2) is 5.76 Å². The third kappa shape index (κ3) is 4.89. The summed E-state index contributed by atoms with van der Waals surface area (Å²) < 4.78 is 12.0. The van der Waals surface area contributed by atoms with E-state index in [1.54, 1.807) is 43.5 Å². The van der Waals surface area contributed by atoms with E-state index in [0.717, 1.165) is 5.56 Å². The molecule has 1 N–H and O–H groups in total. The molecule has 0 saturated heterocycles. The first-order valence-electron chi connectivity index (χ1n) is 10.1. The van der Waals surface area contributed by atoms with E-state index in [-0.39, 0.29) is 24.6 Å². The number of benzene rings is 1. The Hall–Kier alpha value is -4.27. The van der Waals surface area contributed by atoms with Gasteiger partial charge in [-0.05, 0) is 31.2 Å². The number of nitrogens with one attached hydrogen (secondary N) is 1. The molecule has 4 rings (SSSR count). The van der Waals surface area contributed by atoms with Crippen molar-refractivity contribution in [1.82, 2.24) is 25.3 Å².